The molecule has 0 aromatic heterocycles. The van der Waals surface area contributed by atoms with Crippen LogP contribution in [0, 0.1) is 0 Å². The fraction of sp³-hybridized carbons (Fsp3) is 1.00. The van der Waals surface area contributed by atoms with Crippen LogP contribution in [0.15, 0.2) is 0 Å². The van der Waals surface area contributed by atoms with E-state index in [2.05, 4.69) is 39.9 Å². The van der Waals surface area contributed by atoms with Crippen molar-refractivity contribution in [3.05, 3.63) is 0 Å². The molecular formula is C9H23O2PS2. The predicted molar refractivity (Wildman–Crippen MR) is 71.9 cm³/mol. The Bertz CT molecular complexity index is 219. The summed E-state index contributed by atoms with van der Waals surface area (Å²) in [4.78, 5) is 19.3. The summed E-state index contributed by atoms with van der Waals surface area (Å²) >= 11 is 3.98. The van der Waals surface area contributed by atoms with E-state index in [0.29, 0.717) is 0 Å². The molecule has 1 unspecified atom stereocenters. The minimum absolute atomic E-state index is 0.0488. The number of hydrogen-bond acceptors (Lipinski definition) is 0. The molecule has 0 saturated heterocycles. The molecule has 0 aliphatic carbocycles. The minimum atomic E-state index is -2.97. The van der Waals surface area contributed by atoms with Crippen molar-refractivity contribution >= 4 is 28.0 Å². The van der Waals surface area contributed by atoms with Crippen molar-refractivity contribution in [2.45, 2.75) is 51.7 Å². The molecule has 0 rings (SSSR count). The van der Waals surface area contributed by atoms with Gasteiger partial charge in [-0.3, -0.25) is 0 Å². The average Bonchev–Trinajstić information content (AvgIpc) is 1.92. The largest absolute Gasteiger partial charge is 0.341 e. The summed E-state index contributed by atoms with van der Waals surface area (Å²) in [6.07, 6.45) is 3.39. The summed E-state index contributed by atoms with van der Waals surface area (Å²) in [5.41, 5.74) is -2.97. The van der Waals surface area contributed by atoms with Crippen LogP contribution in [0.1, 0.15) is 47.0 Å². The Morgan fingerprint density at radius 3 is 2.00 bits per heavy atom. The van der Waals surface area contributed by atoms with E-state index in [0.717, 1.165) is 25.0 Å². The van der Waals surface area contributed by atoms with Gasteiger partial charge in [-0.2, -0.15) is 0 Å². The highest BCUT2D eigenvalue weighted by Gasteiger charge is 2.23. The quantitative estimate of drug-likeness (QED) is 0.412. The maximum Gasteiger partial charge on any atom is 0.199 e. The van der Waals surface area contributed by atoms with Gasteiger partial charge in [0.2, 0.25) is 0 Å². The lowest BCUT2D eigenvalue weighted by Gasteiger charge is -2.28. The molecule has 14 heavy (non-hydrogen) atoms. The van der Waals surface area contributed by atoms with Crippen molar-refractivity contribution in [1.82, 2.24) is 0 Å². The van der Waals surface area contributed by atoms with Gasteiger partial charge in [-0.1, -0.05) is 52.8 Å². The summed E-state index contributed by atoms with van der Waals surface area (Å²) in [5.74, 6) is 0.890. The van der Waals surface area contributed by atoms with Gasteiger partial charge in [0.15, 0.2) is 5.69 Å². The van der Waals surface area contributed by atoms with Crippen LogP contribution in [-0.2, 0) is 10.1 Å². The second kappa shape index (κ2) is 5.95. The van der Waals surface area contributed by atoms with E-state index in [1.807, 2.05) is 0 Å². The number of unbranched alkanes of at least 4 members (excludes halogenated alkanes) is 2. The molecule has 2 N–H and O–H groups in total. The topological polar surface area (TPSA) is 40.5 Å². The highest BCUT2D eigenvalue weighted by atomic mass is 32.9. The van der Waals surface area contributed by atoms with Gasteiger partial charge in [0.05, 0.1) is 0 Å². The Morgan fingerprint density at radius 2 is 1.71 bits per heavy atom. The van der Waals surface area contributed by atoms with Crippen LogP contribution in [0.2, 0.25) is 0 Å². The molecule has 2 nitrogen and oxygen atoms in total. The average molecular weight is 258 g/mol. The first-order valence-electron chi connectivity index (χ1n) is 4.98. The molecule has 0 aliphatic rings. The molecule has 0 fully saturated rings. The third-order valence-electron chi connectivity index (χ3n) is 1.94. The molecular weight excluding hydrogens is 235 g/mol. The van der Waals surface area contributed by atoms with Crippen LogP contribution in [0.5, 0.6) is 0 Å². The van der Waals surface area contributed by atoms with Crippen LogP contribution < -0.4 is 0 Å². The number of thiol groups is 1. The summed E-state index contributed by atoms with van der Waals surface area (Å²) in [6, 6.07) is 0. The zero-order valence-electron chi connectivity index (χ0n) is 9.53. The van der Waals surface area contributed by atoms with E-state index >= 15 is 0 Å². The Labute approximate surface area is 95.4 Å². The third-order valence-corrected chi connectivity index (χ3v) is 10.4. The predicted octanol–water partition coefficient (Wildman–Crippen LogP) is 3.19. The van der Waals surface area contributed by atoms with Gasteiger partial charge in [-0.05, 0) is 12.2 Å². The highest BCUT2D eigenvalue weighted by Crippen LogP contribution is 2.50. The van der Waals surface area contributed by atoms with Gasteiger partial charge in [0.1, 0.15) is 0 Å². The molecule has 0 saturated carbocycles. The van der Waals surface area contributed by atoms with Gasteiger partial charge in [0, 0.05) is 4.75 Å². The molecule has 0 aromatic carbocycles. The Balaban J connectivity index is 4.63. The standard InChI is InChI=1S/C9H23O2PS2/c1-5-6-7-8-14(9(2,3)4)12(10,11)13/h10-11,13H,5-8H2,1-4H3. The highest BCUT2D eigenvalue weighted by molar-refractivity contribution is 8.66. The zero-order chi connectivity index (χ0) is 11.4. The van der Waals surface area contributed by atoms with Gasteiger partial charge in [-0.25, -0.2) is 0 Å². The van der Waals surface area contributed by atoms with Crippen LogP contribution in [0.25, 0.3) is 0 Å². The smallest absolute Gasteiger partial charge is 0.199 e. The first kappa shape index (κ1) is 15.0. The lowest BCUT2D eigenvalue weighted by molar-refractivity contribution is 0.501. The van der Waals surface area contributed by atoms with E-state index in [9.17, 15) is 9.79 Å². The molecule has 0 radical (unpaired) electrons. The molecule has 88 valence electrons. The van der Waals surface area contributed by atoms with Gasteiger partial charge >= 0.3 is 0 Å². The van der Waals surface area contributed by atoms with E-state index in [1.165, 1.54) is 0 Å². The molecule has 0 spiro atoms. The maximum absolute atomic E-state index is 9.66. The van der Waals surface area contributed by atoms with Crippen molar-refractivity contribution in [2.75, 3.05) is 5.75 Å². The molecule has 0 aliphatic heterocycles. The fourth-order valence-electron chi connectivity index (χ4n) is 1.28. The van der Waals surface area contributed by atoms with E-state index in [1.54, 1.807) is 0 Å². The van der Waals surface area contributed by atoms with Crippen molar-refractivity contribution < 1.29 is 9.79 Å². The number of hydrogen-bond donors (Lipinski definition) is 3. The Kier molecular flexibility index (Phi) is 6.40. The molecule has 0 bridgehead atoms. The molecule has 1 atom stereocenters. The lowest BCUT2D eigenvalue weighted by Crippen LogP contribution is -2.24. The SMILES string of the molecule is CCCCCS(C(C)(C)C)=P(O)(O)S. The van der Waals surface area contributed by atoms with Gasteiger partial charge in [0.25, 0.3) is 0 Å². The van der Waals surface area contributed by atoms with Gasteiger partial charge in [-0.15, -0.1) is 10.1 Å². The zero-order valence-corrected chi connectivity index (χ0v) is 12.1. The molecule has 0 amide bonds. The lowest BCUT2D eigenvalue weighted by atomic mass is 10.3. The summed E-state index contributed by atoms with van der Waals surface area (Å²) in [6.45, 7) is 8.31. The van der Waals surface area contributed by atoms with Crippen molar-refractivity contribution in [3.8, 4) is 0 Å². The van der Waals surface area contributed by atoms with Crippen LogP contribution >= 0.6 is 17.9 Å². The maximum atomic E-state index is 9.66. The van der Waals surface area contributed by atoms with Crippen molar-refractivity contribution in [3.63, 3.8) is 0 Å². The third kappa shape index (κ3) is 5.82. The van der Waals surface area contributed by atoms with Crippen molar-refractivity contribution in [2.24, 2.45) is 0 Å². The first-order chi connectivity index (χ1) is 6.19. The monoisotopic (exact) mass is 258 g/mol. The van der Waals surface area contributed by atoms with E-state index < -0.39 is 5.69 Å². The second-order valence-corrected chi connectivity index (χ2v) is 13.1. The fourth-order valence-corrected chi connectivity index (χ4v) is 9.62. The summed E-state index contributed by atoms with van der Waals surface area (Å²) in [5, 5.41) is 0. The Hall–Kier alpha value is 1.05. The van der Waals surface area contributed by atoms with E-state index in [-0.39, 0.29) is 14.8 Å². The molecule has 0 heterocycles. The summed E-state index contributed by atoms with van der Waals surface area (Å²) < 4.78 is -0.0488. The number of rotatable bonds is 4. The summed E-state index contributed by atoms with van der Waals surface area (Å²) in [7, 11) is -0.374. The van der Waals surface area contributed by atoms with Gasteiger partial charge < -0.3 is 9.79 Å². The van der Waals surface area contributed by atoms with E-state index in [4.69, 9.17) is 0 Å². The normalized spacial score (nSPS) is 15.6. The van der Waals surface area contributed by atoms with Crippen LogP contribution in [0.4, 0.5) is 0 Å². The minimum Gasteiger partial charge on any atom is -0.341 e. The molecule has 0 aromatic rings. The van der Waals surface area contributed by atoms with Crippen LogP contribution in [-0.4, -0.2) is 20.3 Å². The first-order valence-corrected chi connectivity index (χ1v) is 9.83. The Morgan fingerprint density at radius 1 is 1.21 bits per heavy atom. The van der Waals surface area contributed by atoms with Crippen molar-refractivity contribution in [1.29, 1.82) is 0 Å². The second-order valence-electron chi connectivity index (χ2n) is 4.40. The molecule has 5 heteroatoms. The van der Waals surface area contributed by atoms with Crippen LogP contribution in [0.3, 0.4) is 0 Å².